The van der Waals surface area contributed by atoms with Gasteiger partial charge in [-0.05, 0) is 49.6 Å². The van der Waals surface area contributed by atoms with Gasteiger partial charge in [0, 0.05) is 6.42 Å². The summed E-state index contributed by atoms with van der Waals surface area (Å²) in [5, 5.41) is 29.3. The van der Waals surface area contributed by atoms with Crippen LogP contribution in [0.2, 0.25) is 0 Å². The van der Waals surface area contributed by atoms with Gasteiger partial charge < -0.3 is 15.4 Å². The zero-order chi connectivity index (χ0) is 12.3. The van der Waals surface area contributed by atoms with Crippen LogP contribution in [0.25, 0.3) is 0 Å². The molecule has 0 aliphatic rings. The van der Waals surface area contributed by atoms with Crippen molar-refractivity contribution in [2.75, 3.05) is 0 Å². The van der Waals surface area contributed by atoms with Crippen molar-refractivity contribution < 1.29 is 20.2 Å². The van der Waals surface area contributed by atoms with Crippen molar-refractivity contribution in [1.29, 1.82) is 0 Å². The molecule has 0 radical (unpaired) electrons. The molecule has 86 valence electrons. The van der Waals surface area contributed by atoms with Crippen LogP contribution in [0.5, 0.6) is 5.75 Å². The van der Waals surface area contributed by atoms with E-state index in [0.717, 1.165) is 0 Å². The first-order chi connectivity index (χ1) is 7.45. The number of carbonyl (C=O) groups is 1. The molecule has 1 aromatic rings. The van der Waals surface area contributed by atoms with Crippen LogP contribution in [0.4, 0.5) is 0 Å². The number of hydrogen-bond donors (Lipinski definition) is 3. The second-order valence-electron chi connectivity index (χ2n) is 2.94. The van der Waals surface area contributed by atoms with E-state index in [1.807, 2.05) is 0 Å². The molecule has 0 saturated heterocycles. The maximum Gasteiger partial charge on any atom is 0.354 e. The Bertz CT molecular complexity index is 436. The summed E-state index contributed by atoms with van der Waals surface area (Å²) in [6, 6.07) is 3.10. The van der Waals surface area contributed by atoms with Gasteiger partial charge in [0.1, 0.15) is 5.75 Å². The first-order valence-corrected chi connectivity index (χ1v) is 5.65. The largest absolute Gasteiger partial charge is 0.506 e. The van der Waals surface area contributed by atoms with Crippen molar-refractivity contribution in [2.45, 2.75) is 6.42 Å². The maximum atomic E-state index is 10.6. The zero-order valence-electron chi connectivity index (χ0n) is 7.81. The number of oxime groups is 1. The van der Waals surface area contributed by atoms with Crippen LogP contribution in [-0.2, 0) is 11.2 Å². The molecule has 0 saturated carbocycles. The van der Waals surface area contributed by atoms with Gasteiger partial charge in [-0.15, -0.1) is 0 Å². The van der Waals surface area contributed by atoms with Gasteiger partial charge in [-0.25, -0.2) is 4.79 Å². The molecule has 0 aromatic heterocycles. The first-order valence-electron chi connectivity index (χ1n) is 4.06. The van der Waals surface area contributed by atoms with Gasteiger partial charge in [0.05, 0.1) is 8.95 Å². The Labute approximate surface area is 108 Å². The molecule has 0 aliphatic carbocycles. The SMILES string of the molecule is O=C(O)/C(Cc1cc(Br)c(O)c(Br)c1)=N/O. The van der Waals surface area contributed by atoms with Crippen molar-refractivity contribution in [3.05, 3.63) is 26.6 Å². The third-order valence-corrected chi connectivity index (χ3v) is 3.02. The number of benzene rings is 1. The van der Waals surface area contributed by atoms with Crippen LogP contribution in [0, 0.1) is 0 Å². The van der Waals surface area contributed by atoms with Gasteiger partial charge in [0.2, 0.25) is 0 Å². The number of carboxylic acid groups (broad SMARTS) is 1. The summed E-state index contributed by atoms with van der Waals surface area (Å²) in [5.74, 6) is -1.26. The summed E-state index contributed by atoms with van der Waals surface area (Å²) >= 11 is 6.23. The predicted molar refractivity (Wildman–Crippen MR) is 64.1 cm³/mol. The molecule has 0 fully saturated rings. The highest BCUT2D eigenvalue weighted by atomic mass is 79.9. The van der Waals surface area contributed by atoms with Crippen molar-refractivity contribution >= 4 is 43.5 Å². The van der Waals surface area contributed by atoms with Gasteiger partial charge in [0.25, 0.3) is 0 Å². The van der Waals surface area contributed by atoms with Crippen LogP contribution >= 0.6 is 31.9 Å². The van der Waals surface area contributed by atoms with Crippen molar-refractivity contribution in [3.63, 3.8) is 0 Å². The van der Waals surface area contributed by atoms with Gasteiger partial charge in [-0.3, -0.25) is 0 Å². The zero-order valence-corrected chi connectivity index (χ0v) is 11.0. The Hall–Kier alpha value is -1.08. The van der Waals surface area contributed by atoms with Gasteiger partial charge >= 0.3 is 5.97 Å². The average Bonchev–Trinajstić information content (AvgIpc) is 2.21. The number of rotatable bonds is 3. The number of carboxylic acids is 1. The lowest BCUT2D eigenvalue weighted by molar-refractivity contribution is -0.129. The number of aliphatic carboxylic acids is 1. The smallest absolute Gasteiger partial charge is 0.354 e. The summed E-state index contributed by atoms with van der Waals surface area (Å²) in [4.78, 5) is 10.6. The van der Waals surface area contributed by atoms with E-state index in [1.54, 1.807) is 12.1 Å². The quantitative estimate of drug-likeness (QED) is 0.442. The fourth-order valence-corrected chi connectivity index (χ4v) is 2.35. The van der Waals surface area contributed by atoms with E-state index in [9.17, 15) is 9.90 Å². The monoisotopic (exact) mass is 351 g/mol. The second kappa shape index (κ2) is 5.31. The lowest BCUT2D eigenvalue weighted by Crippen LogP contribution is -2.15. The molecule has 0 spiro atoms. The van der Waals surface area contributed by atoms with Crippen molar-refractivity contribution in [2.24, 2.45) is 5.16 Å². The van der Waals surface area contributed by atoms with E-state index in [2.05, 4.69) is 37.0 Å². The van der Waals surface area contributed by atoms with Crippen molar-refractivity contribution in [3.8, 4) is 5.75 Å². The fraction of sp³-hybridized carbons (Fsp3) is 0.111. The van der Waals surface area contributed by atoms with E-state index in [4.69, 9.17) is 10.3 Å². The Morgan fingerprint density at radius 3 is 2.19 bits per heavy atom. The highest BCUT2D eigenvalue weighted by molar-refractivity contribution is 9.11. The fourth-order valence-electron chi connectivity index (χ4n) is 1.07. The lowest BCUT2D eigenvalue weighted by atomic mass is 10.1. The minimum atomic E-state index is -1.29. The second-order valence-corrected chi connectivity index (χ2v) is 4.65. The van der Waals surface area contributed by atoms with Crippen LogP contribution in [0.15, 0.2) is 26.2 Å². The number of nitrogens with zero attached hydrogens (tertiary/aromatic N) is 1. The maximum absolute atomic E-state index is 10.6. The van der Waals surface area contributed by atoms with E-state index in [-0.39, 0.29) is 17.9 Å². The van der Waals surface area contributed by atoms with Crippen LogP contribution in [0.3, 0.4) is 0 Å². The van der Waals surface area contributed by atoms with Crippen molar-refractivity contribution in [1.82, 2.24) is 0 Å². The highest BCUT2D eigenvalue weighted by Gasteiger charge is 2.13. The standard InChI is InChI=1S/C9H7Br2NO4/c10-5-1-4(2-6(11)8(5)13)3-7(12-16)9(14)15/h1-2,13,16H,3H2,(H,14,15)/b12-7+. The molecule has 5 nitrogen and oxygen atoms in total. The summed E-state index contributed by atoms with van der Waals surface area (Å²) in [6.07, 6.45) is -0.0384. The summed E-state index contributed by atoms with van der Waals surface area (Å²) in [6.45, 7) is 0. The molecule has 0 unspecified atom stereocenters. The number of hydrogen-bond acceptors (Lipinski definition) is 4. The average molecular weight is 353 g/mol. The van der Waals surface area contributed by atoms with E-state index in [0.29, 0.717) is 14.5 Å². The minimum absolute atomic E-state index is 0.0292. The van der Waals surface area contributed by atoms with Gasteiger partial charge in [-0.1, -0.05) is 5.16 Å². The molecule has 0 atom stereocenters. The molecule has 3 N–H and O–H groups in total. The summed E-state index contributed by atoms with van der Waals surface area (Å²) in [5.41, 5.74) is 0.219. The molecule has 0 heterocycles. The molecule has 16 heavy (non-hydrogen) atoms. The Kier molecular flexibility index (Phi) is 4.31. The third-order valence-electron chi connectivity index (χ3n) is 1.82. The normalized spacial score (nSPS) is 11.5. The topological polar surface area (TPSA) is 90.1 Å². The predicted octanol–water partition coefficient (Wildman–Crippen LogP) is 2.37. The van der Waals surface area contributed by atoms with E-state index < -0.39 is 5.97 Å². The third kappa shape index (κ3) is 2.96. The van der Waals surface area contributed by atoms with E-state index in [1.165, 1.54) is 0 Å². The lowest BCUT2D eigenvalue weighted by Gasteiger charge is -2.05. The highest BCUT2D eigenvalue weighted by Crippen LogP contribution is 2.33. The number of aromatic hydroxyl groups is 1. The number of phenolic OH excluding ortho intramolecular Hbond substituents is 1. The van der Waals surface area contributed by atoms with Crippen LogP contribution in [0.1, 0.15) is 5.56 Å². The molecular weight excluding hydrogens is 346 g/mol. The molecule has 0 aliphatic heterocycles. The molecule has 1 aromatic carbocycles. The van der Waals surface area contributed by atoms with Gasteiger partial charge in [-0.2, -0.15) is 0 Å². The summed E-state index contributed by atoms with van der Waals surface area (Å²) < 4.78 is 0.860. The van der Waals surface area contributed by atoms with Gasteiger partial charge in [0.15, 0.2) is 5.71 Å². The summed E-state index contributed by atoms with van der Waals surface area (Å²) in [7, 11) is 0. The molecule has 0 bridgehead atoms. The van der Waals surface area contributed by atoms with E-state index >= 15 is 0 Å². The Balaban J connectivity index is 3.03. The number of halogens is 2. The Morgan fingerprint density at radius 2 is 1.81 bits per heavy atom. The first kappa shape index (κ1) is 13.0. The minimum Gasteiger partial charge on any atom is -0.506 e. The molecule has 7 heteroatoms. The van der Waals surface area contributed by atoms with Crippen LogP contribution < -0.4 is 0 Å². The number of phenols is 1. The molecular formula is C9H7Br2NO4. The Morgan fingerprint density at radius 1 is 1.31 bits per heavy atom. The molecule has 1 rings (SSSR count). The van der Waals surface area contributed by atoms with Crippen LogP contribution in [-0.4, -0.2) is 27.1 Å². The molecule has 0 amide bonds.